The van der Waals surface area contributed by atoms with Gasteiger partial charge in [-0.05, 0) is 39.0 Å². The third-order valence-electron chi connectivity index (χ3n) is 1.74. The summed E-state index contributed by atoms with van der Waals surface area (Å²) >= 11 is 0. The van der Waals surface area contributed by atoms with Gasteiger partial charge in [0, 0.05) is 6.61 Å². The molecule has 0 rings (SSSR count). The average Bonchev–Trinajstić information content (AvgIpc) is 2.01. The number of allylic oxidation sites excluding steroid dienone is 2. The second kappa shape index (κ2) is 8.31. The van der Waals surface area contributed by atoms with Crippen molar-refractivity contribution in [3.8, 4) is 0 Å². The van der Waals surface area contributed by atoms with Gasteiger partial charge in [0.25, 0.3) is 0 Å². The number of ether oxygens (including phenoxy) is 1. The van der Waals surface area contributed by atoms with Gasteiger partial charge in [0.15, 0.2) is 0 Å². The second-order valence-electron chi connectivity index (χ2n) is 4.16. The van der Waals surface area contributed by atoms with Crippen LogP contribution in [0.1, 0.15) is 47.0 Å². The quantitative estimate of drug-likeness (QED) is 0.432. The molecule has 0 radical (unpaired) electrons. The lowest BCUT2D eigenvalue weighted by Crippen LogP contribution is -2.03. The van der Waals surface area contributed by atoms with Gasteiger partial charge >= 0.3 is 0 Å². The molecule has 0 fully saturated rings. The number of rotatable bonds is 7. The van der Waals surface area contributed by atoms with Gasteiger partial charge in [0.2, 0.25) is 0 Å². The van der Waals surface area contributed by atoms with Gasteiger partial charge in [-0.1, -0.05) is 26.0 Å². The first-order chi connectivity index (χ1) is 6.13. The SMILES string of the molecule is CC(C)C/C=C\CCCOC(C)C. The van der Waals surface area contributed by atoms with E-state index < -0.39 is 0 Å². The van der Waals surface area contributed by atoms with E-state index in [2.05, 4.69) is 39.8 Å². The normalized spacial score (nSPS) is 12.2. The smallest absolute Gasteiger partial charge is 0.0518 e. The molecule has 78 valence electrons. The second-order valence-corrected chi connectivity index (χ2v) is 4.16. The summed E-state index contributed by atoms with van der Waals surface area (Å²) < 4.78 is 5.44. The maximum Gasteiger partial charge on any atom is 0.0518 e. The zero-order valence-electron chi connectivity index (χ0n) is 9.55. The maximum atomic E-state index is 5.44. The Kier molecular flexibility index (Phi) is 8.11. The summed E-state index contributed by atoms with van der Waals surface area (Å²) in [5.74, 6) is 0.781. The fourth-order valence-electron chi connectivity index (χ4n) is 1.01. The van der Waals surface area contributed by atoms with Crippen LogP contribution in [0.3, 0.4) is 0 Å². The molecule has 0 spiro atoms. The Hall–Kier alpha value is -0.300. The fraction of sp³-hybridized carbons (Fsp3) is 0.833. The minimum Gasteiger partial charge on any atom is -0.379 e. The monoisotopic (exact) mass is 184 g/mol. The van der Waals surface area contributed by atoms with Crippen LogP contribution in [0, 0.1) is 5.92 Å². The summed E-state index contributed by atoms with van der Waals surface area (Å²) in [5.41, 5.74) is 0. The van der Waals surface area contributed by atoms with Crippen LogP contribution in [0.2, 0.25) is 0 Å². The molecule has 0 bridgehead atoms. The average molecular weight is 184 g/mol. The molecule has 0 amide bonds. The molecular weight excluding hydrogens is 160 g/mol. The zero-order valence-corrected chi connectivity index (χ0v) is 9.55. The van der Waals surface area contributed by atoms with Crippen molar-refractivity contribution >= 4 is 0 Å². The molecule has 0 aliphatic heterocycles. The third-order valence-corrected chi connectivity index (χ3v) is 1.74. The lowest BCUT2D eigenvalue weighted by Gasteiger charge is -2.05. The zero-order chi connectivity index (χ0) is 10.1. The molecule has 0 aromatic heterocycles. The summed E-state index contributed by atoms with van der Waals surface area (Å²) in [4.78, 5) is 0. The third kappa shape index (κ3) is 11.7. The van der Waals surface area contributed by atoms with Crippen molar-refractivity contribution in [1.82, 2.24) is 0 Å². The molecule has 0 aromatic carbocycles. The summed E-state index contributed by atoms with van der Waals surface area (Å²) in [6.45, 7) is 9.53. The Balaban J connectivity index is 3.11. The van der Waals surface area contributed by atoms with Gasteiger partial charge in [0.05, 0.1) is 6.10 Å². The first-order valence-electron chi connectivity index (χ1n) is 5.39. The van der Waals surface area contributed by atoms with E-state index in [-0.39, 0.29) is 0 Å². The van der Waals surface area contributed by atoms with E-state index >= 15 is 0 Å². The van der Waals surface area contributed by atoms with Gasteiger partial charge in [-0.2, -0.15) is 0 Å². The van der Waals surface area contributed by atoms with Crippen molar-refractivity contribution in [1.29, 1.82) is 0 Å². The minimum atomic E-state index is 0.375. The molecule has 0 unspecified atom stereocenters. The summed E-state index contributed by atoms with van der Waals surface area (Å²) in [6.07, 6.45) is 8.42. The van der Waals surface area contributed by atoms with E-state index in [1.54, 1.807) is 0 Å². The molecule has 0 aliphatic rings. The van der Waals surface area contributed by atoms with Gasteiger partial charge in [-0.3, -0.25) is 0 Å². The van der Waals surface area contributed by atoms with E-state index in [4.69, 9.17) is 4.74 Å². The molecule has 0 atom stereocenters. The Bertz CT molecular complexity index is 125. The highest BCUT2D eigenvalue weighted by Gasteiger charge is 1.91. The highest BCUT2D eigenvalue weighted by atomic mass is 16.5. The summed E-state index contributed by atoms with van der Waals surface area (Å²) in [6, 6.07) is 0. The van der Waals surface area contributed by atoms with Crippen molar-refractivity contribution < 1.29 is 4.74 Å². The molecule has 0 heterocycles. The van der Waals surface area contributed by atoms with Crippen LogP contribution >= 0.6 is 0 Å². The van der Waals surface area contributed by atoms with E-state index in [0.29, 0.717) is 6.10 Å². The number of unbranched alkanes of at least 4 members (excludes halogenated alkanes) is 1. The van der Waals surface area contributed by atoms with Crippen molar-refractivity contribution in [2.45, 2.75) is 53.1 Å². The minimum absolute atomic E-state index is 0.375. The highest BCUT2D eigenvalue weighted by molar-refractivity contribution is 4.82. The Morgan fingerprint density at radius 2 is 1.77 bits per heavy atom. The summed E-state index contributed by atoms with van der Waals surface area (Å²) in [5, 5.41) is 0. The van der Waals surface area contributed by atoms with Crippen molar-refractivity contribution in [3.63, 3.8) is 0 Å². The predicted molar refractivity (Wildman–Crippen MR) is 58.9 cm³/mol. The maximum absolute atomic E-state index is 5.44. The summed E-state index contributed by atoms with van der Waals surface area (Å²) in [7, 11) is 0. The molecule has 13 heavy (non-hydrogen) atoms. The molecule has 0 saturated heterocycles. The molecule has 0 aromatic rings. The molecule has 1 heteroatoms. The molecule has 1 nitrogen and oxygen atoms in total. The van der Waals surface area contributed by atoms with Gasteiger partial charge in [-0.25, -0.2) is 0 Å². The van der Waals surface area contributed by atoms with Crippen LogP contribution in [0.15, 0.2) is 12.2 Å². The molecular formula is C12H24O. The standard InChI is InChI=1S/C12H24O/c1-11(2)9-7-5-6-8-10-13-12(3)4/h5,7,11-12H,6,8-10H2,1-4H3/b7-5-. The van der Waals surface area contributed by atoms with Gasteiger partial charge in [0.1, 0.15) is 0 Å². The largest absolute Gasteiger partial charge is 0.379 e. The first kappa shape index (κ1) is 12.7. The first-order valence-corrected chi connectivity index (χ1v) is 5.39. The van der Waals surface area contributed by atoms with E-state index in [9.17, 15) is 0 Å². The Morgan fingerprint density at radius 3 is 2.31 bits per heavy atom. The van der Waals surface area contributed by atoms with Crippen molar-refractivity contribution in [2.24, 2.45) is 5.92 Å². The van der Waals surface area contributed by atoms with Crippen LogP contribution in [0.5, 0.6) is 0 Å². The van der Waals surface area contributed by atoms with E-state index in [0.717, 1.165) is 25.4 Å². The number of hydrogen-bond donors (Lipinski definition) is 0. The predicted octanol–water partition coefficient (Wildman–Crippen LogP) is 3.79. The molecule has 0 N–H and O–H groups in total. The van der Waals surface area contributed by atoms with Crippen LogP contribution in [0.25, 0.3) is 0 Å². The Morgan fingerprint density at radius 1 is 1.08 bits per heavy atom. The van der Waals surface area contributed by atoms with Gasteiger partial charge in [-0.15, -0.1) is 0 Å². The fourth-order valence-corrected chi connectivity index (χ4v) is 1.01. The van der Waals surface area contributed by atoms with Crippen LogP contribution < -0.4 is 0 Å². The van der Waals surface area contributed by atoms with Crippen molar-refractivity contribution in [2.75, 3.05) is 6.61 Å². The molecule has 0 aliphatic carbocycles. The number of hydrogen-bond acceptors (Lipinski definition) is 1. The van der Waals surface area contributed by atoms with Crippen LogP contribution in [-0.4, -0.2) is 12.7 Å². The highest BCUT2D eigenvalue weighted by Crippen LogP contribution is 2.02. The van der Waals surface area contributed by atoms with E-state index in [1.165, 1.54) is 6.42 Å². The van der Waals surface area contributed by atoms with Gasteiger partial charge < -0.3 is 4.74 Å². The Labute approximate surface area is 83.2 Å². The molecule has 0 saturated carbocycles. The van der Waals surface area contributed by atoms with Crippen LogP contribution in [-0.2, 0) is 4.74 Å². The lowest BCUT2D eigenvalue weighted by atomic mass is 10.1. The van der Waals surface area contributed by atoms with E-state index in [1.807, 2.05) is 0 Å². The van der Waals surface area contributed by atoms with Crippen LogP contribution in [0.4, 0.5) is 0 Å². The lowest BCUT2D eigenvalue weighted by molar-refractivity contribution is 0.0775. The topological polar surface area (TPSA) is 9.23 Å². The van der Waals surface area contributed by atoms with Crippen molar-refractivity contribution in [3.05, 3.63) is 12.2 Å².